The van der Waals surface area contributed by atoms with E-state index in [4.69, 9.17) is 4.74 Å². The van der Waals surface area contributed by atoms with Crippen LogP contribution >= 0.6 is 0 Å². The quantitative estimate of drug-likeness (QED) is 0.767. The third-order valence-electron chi connectivity index (χ3n) is 3.87. The second-order valence-electron chi connectivity index (χ2n) is 6.26. The molecule has 0 unspecified atom stereocenters. The summed E-state index contributed by atoms with van der Waals surface area (Å²) in [7, 11) is 0. The SMILES string of the molecule is CC(C)C[C@H](CO)NC1CC(OCc2ccccc2)C1. The van der Waals surface area contributed by atoms with E-state index in [1.54, 1.807) is 0 Å². The molecule has 0 saturated heterocycles. The van der Waals surface area contributed by atoms with Gasteiger partial charge in [-0.2, -0.15) is 0 Å². The molecule has 112 valence electrons. The van der Waals surface area contributed by atoms with Crippen LogP contribution in [0.4, 0.5) is 0 Å². The Morgan fingerprint density at radius 2 is 1.95 bits per heavy atom. The number of aliphatic hydroxyl groups is 1. The predicted molar refractivity (Wildman–Crippen MR) is 81.5 cm³/mol. The fourth-order valence-corrected chi connectivity index (χ4v) is 2.72. The highest BCUT2D eigenvalue weighted by Crippen LogP contribution is 2.25. The molecule has 1 fully saturated rings. The molecule has 0 bridgehead atoms. The van der Waals surface area contributed by atoms with Gasteiger partial charge >= 0.3 is 0 Å². The second kappa shape index (κ2) is 7.77. The van der Waals surface area contributed by atoms with E-state index in [2.05, 4.69) is 31.3 Å². The van der Waals surface area contributed by atoms with Crippen LogP contribution in [0.15, 0.2) is 30.3 Å². The lowest BCUT2D eigenvalue weighted by molar-refractivity contribution is -0.0306. The molecule has 0 heterocycles. The summed E-state index contributed by atoms with van der Waals surface area (Å²) >= 11 is 0. The van der Waals surface area contributed by atoms with Crippen LogP contribution in [0.1, 0.15) is 38.7 Å². The van der Waals surface area contributed by atoms with Gasteiger partial charge in [-0.1, -0.05) is 44.2 Å². The molecule has 0 radical (unpaired) electrons. The Hall–Kier alpha value is -0.900. The van der Waals surface area contributed by atoms with Crippen LogP contribution in [0.5, 0.6) is 0 Å². The number of benzene rings is 1. The number of aliphatic hydroxyl groups excluding tert-OH is 1. The highest BCUT2D eigenvalue weighted by atomic mass is 16.5. The Morgan fingerprint density at radius 1 is 1.25 bits per heavy atom. The van der Waals surface area contributed by atoms with Crippen molar-refractivity contribution in [3.63, 3.8) is 0 Å². The predicted octanol–water partition coefficient (Wildman–Crippen LogP) is 2.73. The monoisotopic (exact) mass is 277 g/mol. The normalized spacial score (nSPS) is 23.6. The van der Waals surface area contributed by atoms with Crippen molar-refractivity contribution in [2.75, 3.05) is 6.61 Å². The van der Waals surface area contributed by atoms with Crippen LogP contribution in [-0.4, -0.2) is 29.9 Å². The van der Waals surface area contributed by atoms with Crippen molar-refractivity contribution < 1.29 is 9.84 Å². The van der Waals surface area contributed by atoms with Gasteiger partial charge in [-0.25, -0.2) is 0 Å². The van der Waals surface area contributed by atoms with Gasteiger partial charge in [0.05, 0.1) is 19.3 Å². The van der Waals surface area contributed by atoms with E-state index in [0.29, 0.717) is 24.7 Å². The first-order valence-electron chi connectivity index (χ1n) is 7.69. The molecule has 0 aliphatic heterocycles. The van der Waals surface area contributed by atoms with Gasteiger partial charge in [-0.05, 0) is 30.7 Å². The van der Waals surface area contributed by atoms with Gasteiger partial charge in [-0.15, -0.1) is 0 Å². The van der Waals surface area contributed by atoms with E-state index < -0.39 is 0 Å². The lowest BCUT2D eigenvalue weighted by Gasteiger charge is -2.38. The van der Waals surface area contributed by atoms with E-state index in [9.17, 15) is 5.11 Å². The molecular formula is C17H27NO2. The molecule has 1 saturated carbocycles. The van der Waals surface area contributed by atoms with Gasteiger partial charge in [0.2, 0.25) is 0 Å². The Bertz CT molecular complexity index is 374. The van der Waals surface area contributed by atoms with Gasteiger partial charge in [-0.3, -0.25) is 0 Å². The van der Waals surface area contributed by atoms with E-state index in [0.717, 1.165) is 19.3 Å². The summed E-state index contributed by atoms with van der Waals surface area (Å²) in [6, 6.07) is 11.0. The molecule has 3 heteroatoms. The maximum absolute atomic E-state index is 9.37. The second-order valence-corrected chi connectivity index (χ2v) is 6.26. The average molecular weight is 277 g/mol. The molecule has 2 N–H and O–H groups in total. The molecule has 1 aliphatic carbocycles. The summed E-state index contributed by atoms with van der Waals surface area (Å²) < 4.78 is 5.89. The van der Waals surface area contributed by atoms with Crippen molar-refractivity contribution in [2.24, 2.45) is 5.92 Å². The summed E-state index contributed by atoms with van der Waals surface area (Å²) in [5.41, 5.74) is 1.23. The first-order chi connectivity index (χ1) is 9.67. The minimum absolute atomic E-state index is 0.226. The zero-order valence-corrected chi connectivity index (χ0v) is 12.6. The highest BCUT2D eigenvalue weighted by Gasteiger charge is 2.31. The van der Waals surface area contributed by atoms with Crippen molar-refractivity contribution in [3.05, 3.63) is 35.9 Å². The first-order valence-corrected chi connectivity index (χ1v) is 7.69. The molecular weight excluding hydrogens is 250 g/mol. The molecule has 20 heavy (non-hydrogen) atoms. The van der Waals surface area contributed by atoms with E-state index >= 15 is 0 Å². The lowest BCUT2D eigenvalue weighted by atomic mass is 9.88. The third-order valence-corrected chi connectivity index (χ3v) is 3.87. The minimum Gasteiger partial charge on any atom is -0.395 e. The highest BCUT2D eigenvalue weighted by molar-refractivity contribution is 5.13. The van der Waals surface area contributed by atoms with Crippen molar-refractivity contribution in [3.8, 4) is 0 Å². The van der Waals surface area contributed by atoms with E-state index in [1.165, 1.54) is 5.56 Å². The first kappa shape index (κ1) is 15.5. The fraction of sp³-hybridized carbons (Fsp3) is 0.647. The van der Waals surface area contributed by atoms with Crippen molar-refractivity contribution in [2.45, 2.75) is 57.9 Å². The third kappa shape index (κ3) is 4.89. The number of nitrogens with one attached hydrogen (secondary N) is 1. The Labute approximate surface area is 122 Å². The molecule has 1 aliphatic rings. The summed E-state index contributed by atoms with van der Waals surface area (Å²) in [6.07, 6.45) is 3.51. The largest absolute Gasteiger partial charge is 0.395 e. The maximum Gasteiger partial charge on any atom is 0.0720 e. The molecule has 0 aromatic heterocycles. The summed E-state index contributed by atoms with van der Waals surface area (Å²) in [4.78, 5) is 0. The maximum atomic E-state index is 9.37. The van der Waals surface area contributed by atoms with Gasteiger partial charge < -0.3 is 15.2 Å². The molecule has 1 atom stereocenters. The molecule has 1 aromatic rings. The minimum atomic E-state index is 0.226. The number of rotatable bonds is 8. The van der Waals surface area contributed by atoms with Gasteiger partial charge in [0.1, 0.15) is 0 Å². The molecule has 2 rings (SSSR count). The van der Waals surface area contributed by atoms with Gasteiger partial charge in [0.25, 0.3) is 0 Å². The number of ether oxygens (including phenoxy) is 1. The standard InChI is InChI=1S/C17H27NO2/c1-13(2)8-16(11-19)18-15-9-17(10-15)20-12-14-6-4-3-5-7-14/h3-7,13,15-19H,8-12H2,1-2H3/t15?,16-,17?/m1/s1. The fourth-order valence-electron chi connectivity index (χ4n) is 2.72. The van der Waals surface area contributed by atoms with Crippen LogP contribution in [0.2, 0.25) is 0 Å². The Morgan fingerprint density at radius 3 is 2.55 bits per heavy atom. The summed E-state index contributed by atoms with van der Waals surface area (Å²) in [5, 5.41) is 12.9. The van der Waals surface area contributed by atoms with E-state index in [1.807, 2.05) is 18.2 Å². The number of hydrogen-bond acceptors (Lipinski definition) is 3. The smallest absolute Gasteiger partial charge is 0.0720 e. The summed E-state index contributed by atoms with van der Waals surface area (Å²) in [6.45, 7) is 5.31. The van der Waals surface area contributed by atoms with Crippen LogP contribution in [-0.2, 0) is 11.3 Å². The summed E-state index contributed by atoms with van der Waals surface area (Å²) in [5.74, 6) is 0.616. The lowest BCUT2D eigenvalue weighted by Crippen LogP contribution is -2.50. The van der Waals surface area contributed by atoms with Crippen molar-refractivity contribution >= 4 is 0 Å². The number of hydrogen-bond donors (Lipinski definition) is 2. The zero-order valence-electron chi connectivity index (χ0n) is 12.6. The van der Waals surface area contributed by atoms with Gasteiger partial charge in [0.15, 0.2) is 0 Å². The zero-order chi connectivity index (χ0) is 14.4. The van der Waals surface area contributed by atoms with Crippen LogP contribution in [0.25, 0.3) is 0 Å². The van der Waals surface area contributed by atoms with Gasteiger partial charge in [0, 0.05) is 12.1 Å². The molecule has 3 nitrogen and oxygen atoms in total. The van der Waals surface area contributed by atoms with Crippen molar-refractivity contribution in [1.29, 1.82) is 0 Å². The van der Waals surface area contributed by atoms with Crippen LogP contribution < -0.4 is 5.32 Å². The van der Waals surface area contributed by atoms with Crippen LogP contribution in [0.3, 0.4) is 0 Å². The van der Waals surface area contributed by atoms with E-state index in [-0.39, 0.29) is 12.6 Å². The Kier molecular flexibility index (Phi) is 6.02. The van der Waals surface area contributed by atoms with Crippen LogP contribution in [0, 0.1) is 5.92 Å². The molecule has 1 aromatic carbocycles. The average Bonchev–Trinajstić information content (AvgIpc) is 2.40. The topological polar surface area (TPSA) is 41.5 Å². The molecule has 0 amide bonds. The molecule has 0 spiro atoms. The Balaban J connectivity index is 1.62. The van der Waals surface area contributed by atoms with Crippen molar-refractivity contribution in [1.82, 2.24) is 5.32 Å².